The largest absolute Gasteiger partial charge is 0.470 e. The summed E-state index contributed by atoms with van der Waals surface area (Å²) in [4.78, 5) is 0. The maximum atomic E-state index is 5.28. The molecule has 0 N–H and O–H groups in total. The third kappa shape index (κ3) is 0.772. The maximum Gasteiger partial charge on any atom is 0.103 e. The van der Waals surface area contributed by atoms with Crippen molar-refractivity contribution in [2.75, 3.05) is 0 Å². The number of ether oxygens (including phenoxy) is 1. The summed E-state index contributed by atoms with van der Waals surface area (Å²) in [6, 6.07) is 0. The van der Waals surface area contributed by atoms with Gasteiger partial charge in [0.2, 0.25) is 0 Å². The molecule has 0 aromatic heterocycles. The molecular weight excluding hydrogens is 124 g/mol. The van der Waals surface area contributed by atoms with E-state index in [1.54, 1.807) is 11.8 Å². The molecule has 2 aliphatic carbocycles. The third-order valence-corrected chi connectivity index (χ3v) is 2.48. The second-order valence-electron chi connectivity index (χ2n) is 3.12. The molecule has 0 aromatic rings. The van der Waals surface area contributed by atoms with Crippen molar-refractivity contribution < 1.29 is 4.74 Å². The van der Waals surface area contributed by atoms with E-state index in [2.05, 4.69) is 6.58 Å². The number of hydrogen-bond donors (Lipinski definition) is 0. The van der Waals surface area contributed by atoms with Gasteiger partial charge in [-0.15, -0.1) is 0 Å². The minimum atomic E-state index is 0.907. The Labute approximate surface area is 61.4 Å². The first-order valence-electron chi connectivity index (χ1n) is 3.88. The first-order chi connectivity index (χ1) is 4.90. The minimum absolute atomic E-state index is 0.907. The van der Waals surface area contributed by atoms with E-state index in [4.69, 9.17) is 4.74 Å². The van der Waals surface area contributed by atoms with E-state index < -0.39 is 0 Å². The zero-order chi connectivity index (χ0) is 6.97. The highest BCUT2D eigenvalue weighted by molar-refractivity contribution is 5.21. The average molecular weight is 136 g/mol. The van der Waals surface area contributed by atoms with Crippen LogP contribution in [0.4, 0.5) is 0 Å². The van der Waals surface area contributed by atoms with Crippen molar-refractivity contribution in [2.24, 2.45) is 5.92 Å². The fraction of sp³-hybridized carbons (Fsp3) is 0.556. The Balaban J connectivity index is 2.14. The molecule has 0 aliphatic heterocycles. The molecule has 2 bridgehead atoms. The van der Waals surface area contributed by atoms with E-state index in [-0.39, 0.29) is 0 Å². The molecule has 0 spiro atoms. The molecule has 0 aromatic carbocycles. The van der Waals surface area contributed by atoms with Crippen molar-refractivity contribution in [1.82, 2.24) is 0 Å². The van der Waals surface area contributed by atoms with E-state index in [1.165, 1.54) is 31.4 Å². The zero-order valence-electron chi connectivity index (χ0n) is 6.10. The van der Waals surface area contributed by atoms with Gasteiger partial charge in [-0.3, -0.25) is 0 Å². The molecule has 1 atom stereocenters. The van der Waals surface area contributed by atoms with Crippen LogP contribution in [-0.4, -0.2) is 0 Å². The van der Waals surface area contributed by atoms with Gasteiger partial charge < -0.3 is 4.74 Å². The summed E-state index contributed by atoms with van der Waals surface area (Å²) in [5, 5.41) is 0. The highest BCUT2D eigenvalue weighted by atomic mass is 16.5. The monoisotopic (exact) mass is 136 g/mol. The summed E-state index contributed by atoms with van der Waals surface area (Å²) >= 11 is 0. The van der Waals surface area contributed by atoms with Crippen LogP contribution in [0.3, 0.4) is 0 Å². The van der Waals surface area contributed by atoms with Crippen molar-refractivity contribution in [3.8, 4) is 0 Å². The quantitative estimate of drug-likeness (QED) is 0.530. The van der Waals surface area contributed by atoms with Crippen LogP contribution in [0.1, 0.15) is 25.7 Å². The molecule has 1 nitrogen and oxygen atoms in total. The van der Waals surface area contributed by atoms with Crippen molar-refractivity contribution >= 4 is 0 Å². The van der Waals surface area contributed by atoms with Gasteiger partial charge in [-0.2, -0.15) is 0 Å². The lowest BCUT2D eigenvalue weighted by molar-refractivity contribution is 0.314. The minimum Gasteiger partial charge on any atom is -0.470 e. The topological polar surface area (TPSA) is 9.23 Å². The fourth-order valence-corrected chi connectivity index (χ4v) is 2.00. The van der Waals surface area contributed by atoms with Gasteiger partial charge in [-0.05, 0) is 30.8 Å². The predicted molar refractivity (Wildman–Crippen MR) is 40.3 cm³/mol. The molecule has 1 fully saturated rings. The van der Waals surface area contributed by atoms with E-state index in [9.17, 15) is 0 Å². The number of allylic oxidation sites excluding steroid dienone is 2. The van der Waals surface area contributed by atoms with Gasteiger partial charge in [0.05, 0.1) is 6.26 Å². The van der Waals surface area contributed by atoms with Crippen molar-refractivity contribution in [3.05, 3.63) is 24.2 Å². The summed E-state index contributed by atoms with van der Waals surface area (Å²) in [6.45, 7) is 3.55. The molecular formula is C9H12O. The summed E-state index contributed by atoms with van der Waals surface area (Å²) in [7, 11) is 0. The Morgan fingerprint density at radius 3 is 2.90 bits per heavy atom. The first kappa shape index (κ1) is 6.02. The lowest BCUT2D eigenvalue weighted by atomic mass is 10.1. The van der Waals surface area contributed by atoms with E-state index in [0.717, 1.165) is 5.92 Å². The normalized spacial score (nSPS) is 29.4. The lowest BCUT2D eigenvalue weighted by Gasteiger charge is -2.09. The Kier molecular flexibility index (Phi) is 1.30. The molecule has 0 radical (unpaired) electrons. The Morgan fingerprint density at radius 2 is 2.40 bits per heavy atom. The van der Waals surface area contributed by atoms with Crippen molar-refractivity contribution in [3.63, 3.8) is 0 Å². The standard InChI is InChI=1S/C9H12O/c1-2-10-9-6-7-3-4-8(9)5-7/h2,7H,1,3-6H2. The Hall–Kier alpha value is -0.720. The zero-order valence-corrected chi connectivity index (χ0v) is 6.10. The molecule has 1 saturated carbocycles. The molecule has 2 rings (SSSR count). The number of hydrogen-bond acceptors (Lipinski definition) is 1. The molecule has 1 heteroatoms. The van der Waals surface area contributed by atoms with Gasteiger partial charge >= 0.3 is 0 Å². The Bertz CT molecular complexity index is 191. The second-order valence-corrected chi connectivity index (χ2v) is 3.12. The molecule has 54 valence electrons. The predicted octanol–water partition coefficient (Wildman–Crippen LogP) is 2.60. The lowest BCUT2D eigenvalue weighted by Crippen LogP contribution is -1.94. The van der Waals surface area contributed by atoms with Crippen LogP contribution >= 0.6 is 0 Å². The van der Waals surface area contributed by atoms with Gasteiger partial charge in [-0.1, -0.05) is 6.58 Å². The second kappa shape index (κ2) is 2.15. The van der Waals surface area contributed by atoms with Gasteiger partial charge in [0.1, 0.15) is 5.76 Å². The van der Waals surface area contributed by atoms with Gasteiger partial charge in [0.15, 0.2) is 0 Å². The average Bonchev–Trinajstić information content (AvgIpc) is 2.48. The van der Waals surface area contributed by atoms with Crippen LogP contribution < -0.4 is 0 Å². The number of rotatable bonds is 2. The smallest absolute Gasteiger partial charge is 0.103 e. The van der Waals surface area contributed by atoms with Crippen LogP contribution in [0.5, 0.6) is 0 Å². The summed E-state index contributed by atoms with van der Waals surface area (Å²) < 4.78 is 5.28. The van der Waals surface area contributed by atoms with E-state index in [1.807, 2.05) is 0 Å². The van der Waals surface area contributed by atoms with Crippen LogP contribution in [0.25, 0.3) is 0 Å². The van der Waals surface area contributed by atoms with Gasteiger partial charge in [0.25, 0.3) is 0 Å². The molecule has 10 heavy (non-hydrogen) atoms. The maximum absolute atomic E-state index is 5.28. The molecule has 2 aliphatic rings. The molecule has 0 amide bonds. The van der Waals surface area contributed by atoms with Gasteiger partial charge in [0, 0.05) is 6.42 Å². The van der Waals surface area contributed by atoms with Crippen molar-refractivity contribution in [2.45, 2.75) is 25.7 Å². The molecule has 1 unspecified atom stereocenters. The van der Waals surface area contributed by atoms with Crippen LogP contribution in [0.15, 0.2) is 24.2 Å². The highest BCUT2D eigenvalue weighted by Crippen LogP contribution is 2.44. The molecule has 0 heterocycles. The highest BCUT2D eigenvalue weighted by Gasteiger charge is 2.30. The third-order valence-electron chi connectivity index (χ3n) is 2.48. The number of fused-ring (bicyclic) bond motifs is 2. The Morgan fingerprint density at radius 1 is 1.50 bits per heavy atom. The summed E-state index contributed by atoms with van der Waals surface area (Å²) in [6.07, 6.45) is 6.67. The fourth-order valence-electron chi connectivity index (χ4n) is 2.00. The SMILES string of the molecule is C=COC1=C2CCC(C2)C1. The van der Waals surface area contributed by atoms with Crippen LogP contribution in [0, 0.1) is 5.92 Å². The summed E-state index contributed by atoms with van der Waals surface area (Å²) in [5.74, 6) is 2.12. The van der Waals surface area contributed by atoms with E-state index >= 15 is 0 Å². The first-order valence-corrected chi connectivity index (χ1v) is 3.88. The van der Waals surface area contributed by atoms with Crippen LogP contribution in [0.2, 0.25) is 0 Å². The summed E-state index contributed by atoms with van der Waals surface area (Å²) in [5.41, 5.74) is 1.55. The van der Waals surface area contributed by atoms with Crippen molar-refractivity contribution in [1.29, 1.82) is 0 Å². The molecule has 0 saturated heterocycles. The van der Waals surface area contributed by atoms with E-state index in [0.29, 0.717) is 0 Å². The van der Waals surface area contributed by atoms with Gasteiger partial charge in [-0.25, -0.2) is 0 Å². The van der Waals surface area contributed by atoms with Crippen LogP contribution in [-0.2, 0) is 4.74 Å².